The average molecular weight is 401 g/mol. The molecule has 11 heteroatoms. The predicted octanol–water partition coefficient (Wildman–Crippen LogP) is 2.46. The second kappa shape index (κ2) is 7.39. The molecular formula is C16H12ClF3N4O3. The largest absolute Gasteiger partial charge is 0.451 e. The summed E-state index contributed by atoms with van der Waals surface area (Å²) in [5.41, 5.74) is 0.363. The van der Waals surface area contributed by atoms with Gasteiger partial charge in [0.05, 0.1) is 18.3 Å². The highest BCUT2D eigenvalue weighted by Crippen LogP contribution is 2.28. The van der Waals surface area contributed by atoms with Crippen LogP contribution in [0.1, 0.15) is 23.1 Å². The zero-order valence-electron chi connectivity index (χ0n) is 13.5. The van der Waals surface area contributed by atoms with Gasteiger partial charge in [-0.15, -0.1) is 0 Å². The SMILES string of the molecule is O=C1NC[C@@H](C(=O)NC(c2ccc(Cl)cc2)c2ccnc(C(F)(F)F)n2)O1. The van der Waals surface area contributed by atoms with Crippen molar-refractivity contribution in [2.75, 3.05) is 6.54 Å². The maximum absolute atomic E-state index is 12.9. The summed E-state index contributed by atoms with van der Waals surface area (Å²) in [6, 6.07) is 6.37. The molecule has 0 bridgehead atoms. The van der Waals surface area contributed by atoms with Gasteiger partial charge in [-0.2, -0.15) is 13.2 Å². The molecule has 0 radical (unpaired) electrons. The number of benzene rings is 1. The minimum absolute atomic E-state index is 0.0461. The lowest BCUT2D eigenvalue weighted by molar-refractivity contribution is -0.145. The zero-order chi connectivity index (χ0) is 19.6. The molecule has 3 rings (SSSR count). The van der Waals surface area contributed by atoms with E-state index < -0.39 is 36.1 Å². The smallest absolute Gasteiger partial charge is 0.434 e. The third-order valence-corrected chi connectivity index (χ3v) is 3.94. The fourth-order valence-corrected chi connectivity index (χ4v) is 2.55. The number of carbonyl (C=O) groups excluding carboxylic acids is 2. The summed E-state index contributed by atoms with van der Waals surface area (Å²) < 4.78 is 43.6. The number of rotatable bonds is 4. The summed E-state index contributed by atoms with van der Waals surface area (Å²) in [5, 5.41) is 5.29. The van der Waals surface area contributed by atoms with Gasteiger partial charge in [-0.3, -0.25) is 4.79 Å². The van der Waals surface area contributed by atoms with Crippen molar-refractivity contribution in [3.8, 4) is 0 Å². The molecule has 27 heavy (non-hydrogen) atoms. The van der Waals surface area contributed by atoms with Crippen LogP contribution in [0, 0.1) is 0 Å². The van der Waals surface area contributed by atoms with E-state index in [0.29, 0.717) is 10.6 Å². The Morgan fingerprint density at radius 1 is 1.30 bits per heavy atom. The maximum Gasteiger partial charge on any atom is 0.451 e. The quantitative estimate of drug-likeness (QED) is 0.822. The summed E-state index contributed by atoms with van der Waals surface area (Å²) in [7, 11) is 0. The minimum atomic E-state index is -4.74. The third kappa shape index (κ3) is 4.45. The first kappa shape index (κ1) is 18.9. The van der Waals surface area contributed by atoms with Gasteiger partial charge in [0.2, 0.25) is 5.82 Å². The topological polar surface area (TPSA) is 93.2 Å². The van der Waals surface area contributed by atoms with E-state index in [-0.39, 0.29) is 12.2 Å². The second-order valence-corrected chi connectivity index (χ2v) is 6.01. The van der Waals surface area contributed by atoms with Crippen LogP contribution >= 0.6 is 11.6 Å². The van der Waals surface area contributed by atoms with E-state index in [1.165, 1.54) is 18.2 Å². The van der Waals surface area contributed by atoms with Crippen molar-refractivity contribution in [2.45, 2.75) is 18.3 Å². The van der Waals surface area contributed by atoms with Crippen LogP contribution in [0.4, 0.5) is 18.0 Å². The Morgan fingerprint density at radius 3 is 2.59 bits per heavy atom. The number of ether oxygens (including phenoxy) is 1. The fraction of sp³-hybridized carbons (Fsp3) is 0.250. The van der Waals surface area contributed by atoms with E-state index in [9.17, 15) is 22.8 Å². The molecule has 142 valence electrons. The summed E-state index contributed by atoms with van der Waals surface area (Å²) in [5.74, 6) is -2.01. The van der Waals surface area contributed by atoms with E-state index in [4.69, 9.17) is 16.3 Å². The normalized spacial score (nSPS) is 17.8. The molecule has 2 N–H and O–H groups in total. The number of alkyl carbamates (subject to hydrolysis) is 1. The van der Waals surface area contributed by atoms with Gasteiger partial charge >= 0.3 is 12.3 Å². The number of cyclic esters (lactones) is 1. The Hall–Kier alpha value is -2.88. The van der Waals surface area contributed by atoms with Crippen molar-refractivity contribution in [3.63, 3.8) is 0 Å². The van der Waals surface area contributed by atoms with E-state index >= 15 is 0 Å². The van der Waals surface area contributed by atoms with Crippen LogP contribution in [0.2, 0.25) is 5.02 Å². The highest BCUT2D eigenvalue weighted by atomic mass is 35.5. The molecule has 1 unspecified atom stereocenters. The van der Waals surface area contributed by atoms with E-state index in [2.05, 4.69) is 20.6 Å². The lowest BCUT2D eigenvalue weighted by Gasteiger charge is -2.21. The fourth-order valence-electron chi connectivity index (χ4n) is 2.42. The lowest BCUT2D eigenvalue weighted by atomic mass is 10.0. The highest BCUT2D eigenvalue weighted by molar-refractivity contribution is 6.30. The predicted molar refractivity (Wildman–Crippen MR) is 86.7 cm³/mol. The van der Waals surface area contributed by atoms with Crippen LogP contribution in [0.25, 0.3) is 0 Å². The Balaban J connectivity index is 1.94. The van der Waals surface area contributed by atoms with Gasteiger partial charge in [0.15, 0.2) is 6.10 Å². The van der Waals surface area contributed by atoms with Crippen LogP contribution in [-0.4, -0.2) is 34.6 Å². The Morgan fingerprint density at radius 2 is 2.00 bits per heavy atom. The second-order valence-electron chi connectivity index (χ2n) is 5.57. The molecule has 7 nitrogen and oxygen atoms in total. The van der Waals surface area contributed by atoms with Gasteiger partial charge in [-0.25, -0.2) is 14.8 Å². The van der Waals surface area contributed by atoms with Gasteiger partial charge in [-0.05, 0) is 23.8 Å². The van der Waals surface area contributed by atoms with Crippen molar-refractivity contribution in [3.05, 3.63) is 58.6 Å². The van der Waals surface area contributed by atoms with Gasteiger partial charge in [0.1, 0.15) is 0 Å². The number of nitrogens with one attached hydrogen (secondary N) is 2. The molecule has 1 aliphatic heterocycles. The molecule has 0 spiro atoms. The standard InChI is InChI=1S/C16H12ClF3N4O3/c17-9-3-1-8(2-4-9)12(24-13(25)11-7-22-15(26)27-11)10-5-6-21-14(23-10)16(18,19)20/h1-6,11-12H,7H2,(H,22,26)(H,24,25)/t11-,12?/m0/s1. The van der Waals surface area contributed by atoms with Gasteiger partial charge in [-0.1, -0.05) is 23.7 Å². The third-order valence-electron chi connectivity index (χ3n) is 3.69. The number of nitrogens with zero attached hydrogens (tertiary/aromatic N) is 2. The van der Waals surface area contributed by atoms with Crippen LogP contribution in [0.3, 0.4) is 0 Å². The molecule has 1 aromatic heterocycles. The number of aromatic nitrogens is 2. The number of carbonyl (C=O) groups is 2. The summed E-state index contributed by atoms with van der Waals surface area (Å²) in [6.07, 6.45) is -5.64. The van der Waals surface area contributed by atoms with Crippen molar-refractivity contribution in [2.24, 2.45) is 0 Å². The summed E-state index contributed by atoms with van der Waals surface area (Å²) in [4.78, 5) is 30.2. The molecule has 2 heterocycles. The van der Waals surface area contributed by atoms with E-state index in [1.807, 2.05) is 0 Å². The molecule has 2 atom stereocenters. The Kier molecular flexibility index (Phi) is 5.17. The van der Waals surface area contributed by atoms with Crippen molar-refractivity contribution < 1.29 is 27.5 Å². The number of halogens is 4. The molecule has 1 saturated heterocycles. The van der Waals surface area contributed by atoms with Crippen molar-refractivity contribution in [1.82, 2.24) is 20.6 Å². The molecule has 0 aliphatic carbocycles. The van der Waals surface area contributed by atoms with E-state index in [0.717, 1.165) is 6.20 Å². The first-order valence-electron chi connectivity index (χ1n) is 7.64. The van der Waals surface area contributed by atoms with Crippen molar-refractivity contribution >= 4 is 23.6 Å². The van der Waals surface area contributed by atoms with Crippen LogP contribution in [0.15, 0.2) is 36.5 Å². The summed E-state index contributed by atoms with van der Waals surface area (Å²) >= 11 is 5.85. The summed E-state index contributed by atoms with van der Waals surface area (Å²) in [6.45, 7) is -0.0461. The van der Waals surface area contributed by atoms with E-state index in [1.54, 1.807) is 12.1 Å². The van der Waals surface area contributed by atoms with Crippen molar-refractivity contribution in [1.29, 1.82) is 0 Å². The Labute approximate surface area is 155 Å². The molecule has 1 aromatic carbocycles. The molecule has 2 aromatic rings. The monoisotopic (exact) mass is 400 g/mol. The van der Waals surface area contributed by atoms with Gasteiger partial charge in [0, 0.05) is 11.2 Å². The zero-order valence-corrected chi connectivity index (χ0v) is 14.2. The molecule has 1 fully saturated rings. The van der Waals surface area contributed by atoms with Crippen LogP contribution in [0.5, 0.6) is 0 Å². The first-order valence-corrected chi connectivity index (χ1v) is 8.02. The number of amides is 2. The Bertz CT molecular complexity index is 861. The molecular weight excluding hydrogens is 389 g/mol. The highest BCUT2D eigenvalue weighted by Gasteiger charge is 2.36. The molecule has 0 saturated carbocycles. The van der Waals surface area contributed by atoms with Crippen LogP contribution < -0.4 is 10.6 Å². The minimum Gasteiger partial charge on any atom is -0.434 e. The molecule has 1 aliphatic rings. The van der Waals surface area contributed by atoms with Crippen LogP contribution in [-0.2, 0) is 15.7 Å². The number of hydrogen-bond donors (Lipinski definition) is 2. The lowest BCUT2D eigenvalue weighted by Crippen LogP contribution is -2.39. The maximum atomic E-state index is 12.9. The number of hydrogen-bond acceptors (Lipinski definition) is 5. The first-order chi connectivity index (χ1) is 12.7. The van der Waals surface area contributed by atoms with Gasteiger partial charge < -0.3 is 15.4 Å². The molecule has 2 amide bonds. The number of alkyl halides is 3. The van der Waals surface area contributed by atoms with Gasteiger partial charge in [0.25, 0.3) is 5.91 Å². The average Bonchev–Trinajstić information content (AvgIpc) is 3.06.